The molecule has 0 saturated carbocycles. The second-order valence-electron chi connectivity index (χ2n) is 6.78. The number of anilines is 1. The molecule has 0 aliphatic carbocycles. The molecule has 1 amide bonds. The predicted molar refractivity (Wildman–Crippen MR) is 93.4 cm³/mol. The minimum atomic E-state index is -0.201. The molecule has 9 nitrogen and oxygen atoms in total. The molecule has 3 fully saturated rings. The Kier molecular flexibility index (Phi) is 5.07. The van der Waals surface area contributed by atoms with E-state index in [9.17, 15) is 4.79 Å². The Morgan fingerprint density at radius 3 is 2.81 bits per heavy atom. The Bertz CT molecular complexity index is 639. The number of aromatic nitrogens is 2. The fourth-order valence-electron chi connectivity index (χ4n) is 3.90. The third-order valence-electron chi connectivity index (χ3n) is 5.24. The van der Waals surface area contributed by atoms with Gasteiger partial charge in [-0.1, -0.05) is 0 Å². The molecule has 9 heteroatoms. The lowest BCUT2D eigenvalue weighted by Crippen LogP contribution is -2.41. The van der Waals surface area contributed by atoms with Crippen molar-refractivity contribution in [3.05, 3.63) is 12.4 Å². The average molecular weight is 363 g/mol. The molecule has 2 atom stereocenters. The van der Waals surface area contributed by atoms with E-state index in [1.807, 2.05) is 4.90 Å². The number of fused-ring (bicyclic) bond motifs is 1. The van der Waals surface area contributed by atoms with Gasteiger partial charge in [-0.3, -0.25) is 9.80 Å². The molecule has 4 heterocycles. The first-order chi connectivity index (χ1) is 12.8. The van der Waals surface area contributed by atoms with Crippen molar-refractivity contribution in [3.8, 4) is 5.88 Å². The van der Waals surface area contributed by atoms with Crippen LogP contribution in [0.1, 0.15) is 6.42 Å². The highest BCUT2D eigenvalue weighted by atomic mass is 16.6. The van der Waals surface area contributed by atoms with Crippen LogP contribution >= 0.6 is 0 Å². The van der Waals surface area contributed by atoms with E-state index in [0.29, 0.717) is 31.3 Å². The number of carbonyl (C=O) groups excluding carboxylic acids is 1. The SMILES string of the molecule is COc1nccnc1N1C[C@@H]2OC(=O)N(CCCN3CCOCC3)[C@@H]2C1. The molecular formula is C17H25N5O4. The van der Waals surface area contributed by atoms with E-state index in [-0.39, 0.29) is 18.2 Å². The number of ether oxygens (including phenoxy) is 3. The van der Waals surface area contributed by atoms with Gasteiger partial charge in [-0.05, 0) is 6.42 Å². The zero-order valence-corrected chi connectivity index (χ0v) is 15.0. The van der Waals surface area contributed by atoms with Gasteiger partial charge < -0.3 is 19.1 Å². The van der Waals surface area contributed by atoms with Gasteiger partial charge in [0, 0.05) is 45.1 Å². The molecule has 3 saturated heterocycles. The molecule has 3 aliphatic heterocycles. The maximum absolute atomic E-state index is 12.2. The smallest absolute Gasteiger partial charge is 0.410 e. The van der Waals surface area contributed by atoms with Crippen LogP contribution in [0.5, 0.6) is 5.88 Å². The summed E-state index contributed by atoms with van der Waals surface area (Å²) in [5.41, 5.74) is 0. The summed E-state index contributed by atoms with van der Waals surface area (Å²) in [7, 11) is 1.59. The van der Waals surface area contributed by atoms with Crippen molar-refractivity contribution >= 4 is 11.9 Å². The Hall–Kier alpha value is -2.13. The summed E-state index contributed by atoms with van der Waals surface area (Å²) >= 11 is 0. The van der Waals surface area contributed by atoms with Crippen LogP contribution < -0.4 is 9.64 Å². The minimum absolute atomic E-state index is 0.0545. The van der Waals surface area contributed by atoms with Crippen molar-refractivity contribution in [2.45, 2.75) is 18.6 Å². The fourth-order valence-corrected chi connectivity index (χ4v) is 3.90. The lowest BCUT2D eigenvalue weighted by molar-refractivity contribution is 0.0363. The summed E-state index contributed by atoms with van der Waals surface area (Å²) < 4.78 is 16.3. The maximum atomic E-state index is 12.2. The first-order valence-electron chi connectivity index (χ1n) is 9.13. The predicted octanol–water partition coefficient (Wildman–Crippen LogP) is 0.217. The molecule has 142 valence electrons. The van der Waals surface area contributed by atoms with Gasteiger partial charge in [-0.25, -0.2) is 14.8 Å². The average Bonchev–Trinajstić information content (AvgIpc) is 3.20. The van der Waals surface area contributed by atoms with E-state index < -0.39 is 0 Å². The van der Waals surface area contributed by atoms with E-state index in [1.165, 1.54) is 0 Å². The van der Waals surface area contributed by atoms with Gasteiger partial charge in [0.25, 0.3) is 5.88 Å². The lowest BCUT2D eigenvalue weighted by Gasteiger charge is -2.28. The fraction of sp³-hybridized carbons (Fsp3) is 0.706. The standard InChI is InChI=1S/C17H25N5O4/c1-24-16-15(18-3-4-19-16)21-11-13-14(12-21)26-17(23)22(13)6-2-5-20-7-9-25-10-8-20/h3-4,13-14H,2,5-12H2,1H3/t13-,14+/m1/s1. The second-order valence-corrected chi connectivity index (χ2v) is 6.78. The van der Waals surface area contributed by atoms with Crippen LogP contribution in [-0.4, -0.2) is 97.6 Å². The molecule has 0 unspecified atom stereocenters. The zero-order valence-electron chi connectivity index (χ0n) is 15.0. The van der Waals surface area contributed by atoms with Gasteiger partial charge >= 0.3 is 6.09 Å². The number of nitrogens with zero attached hydrogens (tertiary/aromatic N) is 5. The van der Waals surface area contributed by atoms with Crippen LogP contribution in [0.4, 0.5) is 10.6 Å². The number of hydrogen-bond donors (Lipinski definition) is 0. The Morgan fingerprint density at radius 1 is 1.19 bits per heavy atom. The van der Waals surface area contributed by atoms with Crippen molar-refractivity contribution in [2.24, 2.45) is 0 Å². The number of hydrogen-bond acceptors (Lipinski definition) is 8. The largest absolute Gasteiger partial charge is 0.478 e. The summed E-state index contributed by atoms with van der Waals surface area (Å²) in [4.78, 5) is 27.2. The highest BCUT2D eigenvalue weighted by Crippen LogP contribution is 2.32. The van der Waals surface area contributed by atoms with E-state index in [2.05, 4.69) is 19.8 Å². The molecule has 3 aliphatic rings. The first-order valence-corrected chi connectivity index (χ1v) is 9.13. The summed E-state index contributed by atoms with van der Waals surface area (Å²) in [5.74, 6) is 1.20. The van der Waals surface area contributed by atoms with E-state index in [0.717, 1.165) is 39.3 Å². The second kappa shape index (κ2) is 7.63. The van der Waals surface area contributed by atoms with Crippen LogP contribution in [0.25, 0.3) is 0 Å². The van der Waals surface area contributed by atoms with Crippen molar-refractivity contribution in [1.29, 1.82) is 0 Å². The van der Waals surface area contributed by atoms with Crippen LogP contribution in [0.2, 0.25) is 0 Å². The molecule has 1 aromatic heterocycles. The number of morpholine rings is 1. The van der Waals surface area contributed by atoms with Crippen LogP contribution in [0.3, 0.4) is 0 Å². The topological polar surface area (TPSA) is 80.3 Å². The van der Waals surface area contributed by atoms with Gasteiger partial charge in [-0.2, -0.15) is 0 Å². The van der Waals surface area contributed by atoms with Gasteiger partial charge in [0.2, 0.25) is 0 Å². The Morgan fingerprint density at radius 2 is 2.00 bits per heavy atom. The molecule has 0 bridgehead atoms. The monoisotopic (exact) mass is 363 g/mol. The zero-order chi connectivity index (χ0) is 17.9. The number of carbonyl (C=O) groups is 1. The van der Waals surface area contributed by atoms with Crippen LogP contribution in [0.15, 0.2) is 12.4 Å². The third kappa shape index (κ3) is 3.41. The van der Waals surface area contributed by atoms with E-state index in [4.69, 9.17) is 14.2 Å². The molecule has 0 N–H and O–H groups in total. The number of amides is 1. The first kappa shape index (κ1) is 17.3. The van der Waals surface area contributed by atoms with Gasteiger partial charge in [0.05, 0.1) is 32.9 Å². The molecule has 0 aromatic carbocycles. The molecule has 0 radical (unpaired) electrons. The van der Waals surface area contributed by atoms with Gasteiger partial charge in [0.15, 0.2) is 5.82 Å². The van der Waals surface area contributed by atoms with E-state index >= 15 is 0 Å². The lowest BCUT2D eigenvalue weighted by atomic mass is 10.2. The summed E-state index contributed by atoms with van der Waals surface area (Å²) in [6.07, 6.45) is 3.87. The van der Waals surface area contributed by atoms with Crippen LogP contribution in [0, 0.1) is 0 Å². The molecule has 26 heavy (non-hydrogen) atoms. The maximum Gasteiger partial charge on any atom is 0.410 e. The van der Waals surface area contributed by atoms with Gasteiger partial charge in [-0.15, -0.1) is 0 Å². The minimum Gasteiger partial charge on any atom is -0.478 e. The third-order valence-corrected chi connectivity index (χ3v) is 5.24. The number of methoxy groups -OCH3 is 1. The summed E-state index contributed by atoms with van der Waals surface area (Å²) in [6, 6.07) is 0.0545. The molecule has 1 aromatic rings. The molecule has 0 spiro atoms. The number of rotatable bonds is 6. The van der Waals surface area contributed by atoms with Crippen molar-refractivity contribution in [1.82, 2.24) is 19.8 Å². The summed E-state index contributed by atoms with van der Waals surface area (Å²) in [6.45, 7) is 6.52. The quantitative estimate of drug-likeness (QED) is 0.710. The van der Waals surface area contributed by atoms with Crippen LogP contribution in [-0.2, 0) is 9.47 Å². The Balaban J connectivity index is 1.35. The highest BCUT2D eigenvalue weighted by molar-refractivity contribution is 5.72. The summed E-state index contributed by atoms with van der Waals surface area (Å²) in [5, 5.41) is 0. The van der Waals surface area contributed by atoms with E-state index in [1.54, 1.807) is 19.5 Å². The van der Waals surface area contributed by atoms with Crippen molar-refractivity contribution in [2.75, 3.05) is 64.5 Å². The highest BCUT2D eigenvalue weighted by Gasteiger charge is 2.48. The molecular weight excluding hydrogens is 338 g/mol. The van der Waals surface area contributed by atoms with Crippen molar-refractivity contribution < 1.29 is 19.0 Å². The van der Waals surface area contributed by atoms with Crippen molar-refractivity contribution in [3.63, 3.8) is 0 Å². The normalized spacial score (nSPS) is 26.1. The van der Waals surface area contributed by atoms with Gasteiger partial charge in [0.1, 0.15) is 6.10 Å². The Labute approximate surface area is 152 Å². The molecule has 4 rings (SSSR count).